The summed E-state index contributed by atoms with van der Waals surface area (Å²) in [4.78, 5) is 14.2. The van der Waals surface area contributed by atoms with Crippen LogP contribution >= 0.6 is 0 Å². The second-order valence-electron chi connectivity index (χ2n) is 6.68. The van der Waals surface area contributed by atoms with E-state index < -0.39 is 12.8 Å². The Hall–Kier alpha value is -1.76. The van der Waals surface area contributed by atoms with Gasteiger partial charge in [-0.3, -0.25) is 4.79 Å². The molecule has 1 aromatic rings. The van der Waals surface area contributed by atoms with E-state index in [0.29, 0.717) is 17.7 Å². The zero-order chi connectivity index (χ0) is 18.6. The first-order chi connectivity index (χ1) is 11.7. The molecule has 0 atom stereocenters. The van der Waals surface area contributed by atoms with Crippen LogP contribution in [0.15, 0.2) is 12.1 Å². The molecular formula is C18H25F3N2O2. The lowest BCUT2D eigenvalue weighted by molar-refractivity contribution is -0.153. The van der Waals surface area contributed by atoms with E-state index in [4.69, 9.17) is 4.74 Å². The number of halogens is 3. The van der Waals surface area contributed by atoms with Gasteiger partial charge in [-0.1, -0.05) is 12.1 Å². The van der Waals surface area contributed by atoms with Gasteiger partial charge in [-0.25, -0.2) is 0 Å². The number of hydrogen-bond acceptors (Lipinski definition) is 3. The molecular weight excluding hydrogens is 333 g/mol. The van der Waals surface area contributed by atoms with Crippen molar-refractivity contribution in [1.29, 1.82) is 0 Å². The quantitative estimate of drug-likeness (QED) is 0.879. The van der Waals surface area contributed by atoms with Gasteiger partial charge in [-0.05, 0) is 56.5 Å². The van der Waals surface area contributed by atoms with E-state index in [-0.39, 0.29) is 17.6 Å². The Morgan fingerprint density at radius 2 is 1.80 bits per heavy atom. The van der Waals surface area contributed by atoms with Crippen molar-refractivity contribution in [3.8, 4) is 5.75 Å². The van der Waals surface area contributed by atoms with Crippen LogP contribution in [0.4, 0.5) is 13.2 Å². The van der Waals surface area contributed by atoms with Crippen LogP contribution in [0.1, 0.15) is 29.5 Å². The monoisotopic (exact) mass is 358 g/mol. The molecule has 0 radical (unpaired) electrons. The molecule has 0 spiro atoms. The van der Waals surface area contributed by atoms with Gasteiger partial charge in [-0.2, -0.15) is 13.2 Å². The molecule has 1 heterocycles. The number of nitrogens with zero attached hydrogens (tertiary/aromatic N) is 1. The van der Waals surface area contributed by atoms with Gasteiger partial charge in [0.1, 0.15) is 5.75 Å². The van der Waals surface area contributed by atoms with Crippen LogP contribution in [0.3, 0.4) is 0 Å². The Kier molecular flexibility index (Phi) is 6.32. The predicted molar refractivity (Wildman–Crippen MR) is 89.5 cm³/mol. The van der Waals surface area contributed by atoms with Gasteiger partial charge in [0.2, 0.25) is 5.91 Å². The molecule has 140 valence electrons. The number of carbonyl (C=O) groups is 1. The van der Waals surface area contributed by atoms with E-state index in [1.54, 1.807) is 37.9 Å². The number of amides is 1. The molecule has 0 bridgehead atoms. The zero-order valence-corrected chi connectivity index (χ0v) is 14.9. The van der Waals surface area contributed by atoms with Crippen molar-refractivity contribution in [2.45, 2.75) is 39.4 Å². The highest BCUT2D eigenvalue weighted by Crippen LogP contribution is 2.28. The van der Waals surface area contributed by atoms with Gasteiger partial charge in [-0.15, -0.1) is 0 Å². The van der Waals surface area contributed by atoms with E-state index in [1.807, 2.05) is 0 Å². The maximum Gasteiger partial charge on any atom is 0.422 e. The number of carbonyl (C=O) groups excluding carboxylic acids is 1. The van der Waals surface area contributed by atoms with E-state index in [9.17, 15) is 18.0 Å². The van der Waals surface area contributed by atoms with Crippen molar-refractivity contribution in [3.63, 3.8) is 0 Å². The summed E-state index contributed by atoms with van der Waals surface area (Å²) in [6.07, 6.45) is -2.68. The molecule has 1 fully saturated rings. The Morgan fingerprint density at radius 3 is 2.32 bits per heavy atom. The highest BCUT2D eigenvalue weighted by atomic mass is 19.4. The second-order valence-corrected chi connectivity index (χ2v) is 6.68. The minimum absolute atomic E-state index is 0.0443. The summed E-state index contributed by atoms with van der Waals surface area (Å²) in [7, 11) is 1.77. The molecule has 1 aliphatic heterocycles. The smallest absolute Gasteiger partial charge is 0.422 e. The number of ether oxygens (including phenoxy) is 1. The third-order valence-electron chi connectivity index (χ3n) is 4.38. The Balaban J connectivity index is 2.03. The predicted octanol–water partition coefficient (Wildman–Crippen LogP) is 3.20. The molecule has 1 aromatic carbocycles. The van der Waals surface area contributed by atoms with Crippen LogP contribution in [0.25, 0.3) is 0 Å². The van der Waals surface area contributed by atoms with Gasteiger partial charge in [0, 0.05) is 19.5 Å². The molecule has 1 amide bonds. The number of aryl methyl sites for hydroxylation is 2. The van der Waals surface area contributed by atoms with Crippen LogP contribution in [0.5, 0.6) is 5.75 Å². The fourth-order valence-corrected chi connectivity index (χ4v) is 3.25. The maximum absolute atomic E-state index is 12.5. The van der Waals surface area contributed by atoms with Crippen molar-refractivity contribution in [2.24, 2.45) is 5.92 Å². The third kappa shape index (κ3) is 5.63. The van der Waals surface area contributed by atoms with E-state index >= 15 is 0 Å². The molecule has 0 aliphatic carbocycles. The molecule has 0 aromatic heterocycles. The summed E-state index contributed by atoms with van der Waals surface area (Å²) >= 11 is 0. The fourth-order valence-electron chi connectivity index (χ4n) is 3.25. The third-order valence-corrected chi connectivity index (χ3v) is 4.38. The number of alkyl halides is 3. The van der Waals surface area contributed by atoms with Crippen molar-refractivity contribution in [3.05, 3.63) is 28.8 Å². The largest absolute Gasteiger partial charge is 0.484 e. The Labute approximate surface area is 146 Å². The number of hydrogen-bond donors (Lipinski definition) is 1. The molecule has 1 N–H and O–H groups in total. The molecule has 0 unspecified atom stereocenters. The lowest BCUT2D eigenvalue weighted by atomic mass is 9.96. The molecule has 25 heavy (non-hydrogen) atoms. The summed E-state index contributed by atoms with van der Waals surface area (Å²) in [5.74, 6) is 0.422. The normalized spacial score (nSPS) is 15.9. The highest BCUT2D eigenvalue weighted by molar-refractivity contribution is 5.78. The average Bonchev–Trinajstić information content (AvgIpc) is 2.53. The van der Waals surface area contributed by atoms with Crippen LogP contribution in [0, 0.1) is 19.8 Å². The van der Waals surface area contributed by atoms with Gasteiger partial charge >= 0.3 is 6.18 Å². The molecule has 7 heteroatoms. The lowest BCUT2D eigenvalue weighted by Crippen LogP contribution is -2.38. The number of rotatable bonds is 5. The van der Waals surface area contributed by atoms with Gasteiger partial charge in [0.15, 0.2) is 6.61 Å². The number of benzene rings is 1. The van der Waals surface area contributed by atoms with E-state index in [1.165, 1.54) is 0 Å². The van der Waals surface area contributed by atoms with Crippen LogP contribution in [-0.4, -0.2) is 43.7 Å². The van der Waals surface area contributed by atoms with Crippen molar-refractivity contribution in [2.75, 3.05) is 26.7 Å². The molecule has 2 rings (SSSR count). The molecule has 1 saturated heterocycles. The Morgan fingerprint density at radius 1 is 1.24 bits per heavy atom. The number of nitrogens with one attached hydrogen (secondary N) is 1. The second kappa shape index (κ2) is 8.08. The minimum Gasteiger partial charge on any atom is -0.484 e. The van der Waals surface area contributed by atoms with Crippen LogP contribution in [-0.2, 0) is 11.3 Å². The maximum atomic E-state index is 12.5. The van der Waals surface area contributed by atoms with Crippen molar-refractivity contribution < 1.29 is 22.7 Å². The molecule has 4 nitrogen and oxygen atoms in total. The summed E-state index contributed by atoms with van der Waals surface area (Å²) in [5, 5.41) is 3.24. The van der Waals surface area contributed by atoms with Gasteiger partial charge in [0.05, 0.1) is 0 Å². The van der Waals surface area contributed by atoms with Gasteiger partial charge < -0.3 is 15.0 Å². The molecule has 1 aliphatic rings. The summed E-state index contributed by atoms with van der Waals surface area (Å²) in [6, 6.07) is 3.57. The van der Waals surface area contributed by atoms with Crippen molar-refractivity contribution in [1.82, 2.24) is 10.2 Å². The summed E-state index contributed by atoms with van der Waals surface area (Å²) < 4.78 is 42.0. The first kappa shape index (κ1) is 19.6. The van der Waals surface area contributed by atoms with Crippen LogP contribution in [0.2, 0.25) is 0 Å². The van der Waals surface area contributed by atoms with Gasteiger partial charge in [0.25, 0.3) is 0 Å². The number of piperidine rings is 1. The summed E-state index contributed by atoms with van der Waals surface area (Å²) in [5.41, 5.74) is 2.17. The fraction of sp³-hybridized carbons (Fsp3) is 0.611. The standard InChI is InChI=1S/C18H25F3N2O2/c1-12-8-14(9-13(2)16(12)25-11-18(19,20)21)10-23(3)17(24)15-4-6-22-7-5-15/h8-9,15,22H,4-7,10-11H2,1-3H3. The van der Waals surface area contributed by atoms with Crippen molar-refractivity contribution >= 4 is 5.91 Å². The van der Waals surface area contributed by atoms with E-state index in [0.717, 1.165) is 31.5 Å². The average molecular weight is 358 g/mol. The van der Waals surface area contributed by atoms with Crippen LogP contribution < -0.4 is 10.1 Å². The first-order valence-corrected chi connectivity index (χ1v) is 8.43. The Bertz CT molecular complexity index is 588. The first-order valence-electron chi connectivity index (χ1n) is 8.43. The SMILES string of the molecule is Cc1cc(CN(C)C(=O)C2CCNCC2)cc(C)c1OCC(F)(F)F. The van der Waals surface area contributed by atoms with E-state index in [2.05, 4.69) is 5.32 Å². The lowest BCUT2D eigenvalue weighted by Gasteiger charge is -2.27. The minimum atomic E-state index is -4.36. The summed E-state index contributed by atoms with van der Waals surface area (Å²) in [6.45, 7) is 4.28. The topological polar surface area (TPSA) is 41.6 Å². The zero-order valence-electron chi connectivity index (χ0n) is 14.9. The highest BCUT2D eigenvalue weighted by Gasteiger charge is 2.29. The molecule has 0 saturated carbocycles.